The van der Waals surface area contributed by atoms with Crippen molar-refractivity contribution in [1.82, 2.24) is 5.32 Å². The Bertz CT molecular complexity index is 259. The highest BCUT2D eigenvalue weighted by atomic mass is 16.5. The third-order valence-electron chi connectivity index (χ3n) is 3.46. The molecule has 1 aliphatic rings. The van der Waals surface area contributed by atoms with Gasteiger partial charge in [0, 0.05) is 26.7 Å². The molecule has 0 bridgehead atoms. The predicted octanol–water partition coefficient (Wildman–Crippen LogP) is 1.11. The largest absolute Gasteiger partial charge is 0.465 e. The smallest absolute Gasteiger partial charge is 0.326 e. The van der Waals surface area contributed by atoms with Gasteiger partial charge in [0.25, 0.3) is 0 Å². The van der Waals surface area contributed by atoms with E-state index in [0.29, 0.717) is 26.2 Å². The number of ether oxygens (including phenoxy) is 3. The Morgan fingerprint density at radius 2 is 2.22 bits per heavy atom. The van der Waals surface area contributed by atoms with Crippen molar-refractivity contribution in [3.8, 4) is 0 Å². The highest BCUT2D eigenvalue weighted by Gasteiger charge is 2.45. The van der Waals surface area contributed by atoms with Gasteiger partial charge in [-0.05, 0) is 33.2 Å². The van der Waals surface area contributed by atoms with E-state index in [-0.39, 0.29) is 12.1 Å². The van der Waals surface area contributed by atoms with Crippen molar-refractivity contribution in [3.05, 3.63) is 0 Å². The van der Waals surface area contributed by atoms with Crippen LogP contribution in [0.5, 0.6) is 0 Å². The molecule has 0 saturated heterocycles. The molecule has 2 atom stereocenters. The van der Waals surface area contributed by atoms with Crippen LogP contribution in [0, 0.1) is 0 Å². The van der Waals surface area contributed by atoms with Crippen molar-refractivity contribution >= 4 is 5.97 Å². The second-order valence-electron chi connectivity index (χ2n) is 4.63. The van der Waals surface area contributed by atoms with Gasteiger partial charge >= 0.3 is 5.97 Å². The first-order valence-electron chi connectivity index (χ1n) is 6.65. The van der Waals surface area contributed by atoms with Crippen molar-refractivity contribution in [2.75, 3.05) is 34.0 Å². The summed E-state index contributed by atoms with van der Waals surface area (Å²) in [5, 5.41) is 3.11. The molecule has 1 rings (SSSR count). The first-order valence-corrected chi connectivity index (χ1v) is 6.65. The number of hydrogen-bond acceptors (Lipinski definition) is 5. The molecule has 1 saturated carbocycles. The maximum atomic E-state index is 12.0. The summed E-state index contributed by atoms with van der Waals surface area (Å²) in [5.41, 5.74) is -0.554. The van der Waals surface area contributed by atoms with E-state index in [9.17, 15) is 4.79 Å². The Morgan fingerprint density at radius 1 is 1.44 bits per heavy atom. The first-order chi connectivity index (χ1) is 8.68. The van der Waals surface area contributed by atoms with Crippen LogP contribution >= 0.6 is 0 Å². The fourth-order valence-electron chi connectivity index (χ4n) is 2.38. The van der Waals surface area contributed by atoms with Crippen molar-refractivity contribution < 1.29 is 19.0 Å². The van der Waals surface area contributed by atoms with Crippen LogP contribution in [0.4, 0.5) is 0 Å². The Kier molecular flexibility index (Phi) is 6.60. The topological polar surface area (TPSA) is 56.8 Å². The molecule has 2 unspecified atom stereocenters. The third kappa shape index (κ3) is 3.93. The molecular formula is C13H25NO4. The van der Waals surface area contributed by atoms with E-state index in [1.165, 1.54) is 0 Å². The van der Waals surface area contributed by atoms with Crippen LogP contribution in [-0.4, -0.2) is 51.6 Å². The zero-order valence-corrected chi connectivity index (χ0v) is 11.7. The maximum Gasteiger partial charge on any atom is 0.326 e. The molecule has 0 amide bonds. The van der Waals surface area contributed by atoms with Gasteiger partial charge in [-0.1, -0.05) is 0 Å². The van der Waals surface area contributed by atoms with Crippen molar-refractivity contribution in [2.24, 2.45) is 0 Å². The number of rotatable bonds is 8. The number of nitrogens with one attached hydrogen (secondary N) is 1. The van der Waals surface area contributed by atoms with Gasteiger partial charge in [0.15, 0.2) is 0 Å². The molecule has 0 aromatic carbocycles. The second kappa shape index (κ2) is 7.71. The van der Waals surface area contributed by atoms with E-state index in [0.717, 1.165) is 19.3 Å². The lowest BCUT2D eigenvalue weighted by Gasteiger charge is -2.26. The SMILES string of the molecule is CCOC(=O)C1(NC)CCC(OCCCOC)C1. The molecule has 18 heavy (non-hydrogen) atoms. The molecule has 5 heteroatoms. The minimum absolute atomic E-state index is 0.138. The number of hydrogen-bond donors (Lipinski definition) is 1. The summed E-state index contributed by atoms with van der Waals surface area (Å²) in [5.74, 6) is -0.157. The predicted molar refractivity (Wildman–Crippen MR) is 68.5 cm³/mol. The summed E-state index contributed by atoms with van der Waals surface area (Å²) in [6.45, 7) is 3.64. The van der Waals surface area contributed by atoms with Gasteiger partial charge in [-0.15, -0.1) is 0 Å². The van der Waals surface area contributed by atoms with Crippen LogP contribution < -0.4 is 5.32 Å². The molecule has 5 nitrogen and oxygen atoms in total. The van der Waals surface area contributed by atoms with Crippen molar-refractivity contribution in [2.45, 2.75) is 44.2 Å². The maximum absolute atomic E-state index is 12.0. The highest BCUT2D eigenvalue weighted by molar-refractivity contribution is 5.81. The van der Waals surface area contributed by atoms with Gasteiger partial charge in [-0.25, -0.2) is 0 Å². The lowest BCUT2D eigenvalue weighted by Crippen LogP contribution is -2.49. The van der Waals surface area contributed by atoms with E-state index < -0.39 is 5.54 Å². The fourth-order valence-corrected chi connectivity index (χ4v) is 2.38. The molecular weight excluding hydrogens is 234 g/mol. The minimum atomic E-state index is -0.554. The van der Waals surface area contributed by atoms with Gasteiger partial charge in [0.2, 0.25) is 0 Å². The van der Waals surface area contributed by atoms with Crippen LogP contribution in [0.3, 0.4) is 0 Å². The average Bonchev–Trinajstić information content (AvgIpc) is 2.80. The summed E-state index contributed by atoms with van der Waals surface area (Å²) in [4.78, 5) is 12.0. The summed E-state index contributed by atoms with van der Waals surface area (Å²) in [7, 11) is 3.49. The van der Waals surface area contributed by atoms with Gasteiger partial charge in [0.05, 0.1) is 12.7 Å². The molecule has 0 aliphatic heterocycles. The van der Waals surface area contributed by atoms with E-state index in [4.69, 9.17) is 14.2 Å². The number of methoxy groups -OCH3 is 1. The van der Waals surface area contributed by atoms with Crippen LogP contribution in [0.2, 0.25) is 0 Å². The van der Waals surface area contributed by atoms with Gasteiger partial charge in [-0.2, -0.15) is 0 Å². The van der Waals surface area contributed by atoms with Gasteiger partial charge in [0.1, 0.15) is 5.54 Å². The van der Waals surface area contributed by atoms with Crippen LogP contribution in [0.15, 0.2) is 0 Å². The summed E-state index contributed by atoms with van der Waals surface area (Å²) in [6.07, 6.45) is 3.39. The normalized spacial score (nSPS) is 27.4. The average molecular weight is 259 g/mol. The van der Waals surface area contributed by atoms with Crippen molar-refractivity contribution in [1.29, 1.82) is 0 Å². The van der Waals surface area contributed by atoms with Crippen LogP contribution in [0.25, 0.3) is 0 Å². The van der Waals surface area contributed by atoms with Crippen LogP contribution in [-0.2, 0) is 19.0 Å². The molecule has 106 valence electrons. The number of carbonyl (C=O) groups excluding carboxylic acids is 1. The quantitative estimate of drug-likeness (QED) is 0.523. The number of carbonyl (C=O) groups is 1. The third-order valence-corrected chi connectivity index (χ3v) is 3.46. The van der Waals surface area contributed by atoms with E-state index in [1.807, 2.05) is 14.0 Å². The zero-order chi connectivity index (χ0) is 13.4. The Balaban J connectivity index is 2.38. The molecule has 0 heterocycles. The summed E-state index contributed by atoms with van der Waals surface area (Å²) >= 11 is 0. The molecule has 0 radical (unpaired) electrons. The van der Waals surface area contributed by atoms with Gasteiger partial charge in [-0.3, -0.25) is 4.79 Å². The monoisotopic (exact) mass is 259 g/mol. The van der Waals surface area contributed by atoms with E-state index in [2.05, 4.69) is 5.32 Å². The minimum Gasteiger partial charge on any atom is -0.465 e. The van der Waals surface area contributed by atoms with E-state index >= 15 is 0 Å². The Labute approximate surface area is 109 Å². The lowest BCUT2D eigenvalue weighted by molar-refractivity contribution is -0.151. The molecule has 0 aromatic heterocycles. The standard InChI is InChI=1S/C13H25NO4/c1-4-17-12(15)13(14-2)7-6-11(10-13)18-9-5-8-16-3/h11,14H,4-10H2,1-3H3. The number of esters is 1. The number of likely N-dealkylation sites (N-methyl/N-ethyl adjacent to an activating group) is 1. The zero-order valence-electron chi connectivity index (χ0n) is 11.7. The molecule has 0 spiro atoms. The summed E-state index contributed by atoms with van der Waals surface area (Å²) < 4.78 is 15.9. The Morgan fingerprint density at radius 3 is 2.83 bits per heavy atom. The fraction of sp³-hybridized carbons (Fsp3) is 0.923. The second-order valence-corrected chi connectivity index (χ2v) is 4.63. The molecule has 1 N–H and O–H groups in total. The molecule has 0 aromatic rings. The van der Waals surface area contributed by atoms with Crippen LogP contribution in [0.1, 0.15) is 32.6 Å². The highest BCUT2D eigenvalue weighted by Crippen LogP contribution is 2.32. The molecule has 1 fully saturated rings. The van der Waals surface area contributed by atoms with Gasteiger partial charge < -0.3 is 19.5 Å². The first kappa shape index (κ1) is 15.4. The van der Waals surface area contributed by atoms with E-state index in [1.54, 1.807) is 7.11 Å². The Hall–Kier alpha value is -0.650. The lowest BCUT2D eigenvalue weighted by atomic mass is 9.98. The van der Waals surface area contributed by atoms with Crippen molar-refractivity contribution in [3.63, 3.8) is 0 Å². The molecule has 1 aliphatic carbocycles. The summed E-state index contributed by atoms with van der Waals surface area (Å²) in [6, 6.07) is 0.